The molecule has 0 aliphatic carbocycles. The van der Waals surface area contributed by atoms with Crippen molar-refractivity contribution >= 4 is 27.9 Å². The molecular formula is C9H4BrNO6. The molecule has 0 spiro atoms. The SMILES string of the molecule is O=C(O)c1nc(-c2ccoc2Br)oc1C(=O)O. The number of carbonyl (C=O) groups is 2. The monoisotopic (exact) mass is 301 g/mol. The first-order valence-corrected chi connectivity index (χ1v) is 5.00. The molecule has 0 aromatic carbocycles. The van der Waals surface area contributed by atoms with Gasteiger partial charge in [-0.2, -0.15) is 0 Å². The number of aromatic nitrogens is 1. The summed E-state index contributed by atoms with van der Waals surface area (Å²) >= 11 is 3.05. The van der Waals surface area contributed by atoms with Gasteiger partial charge >= 0.3 is 11.9 Å². The highest BCUT2D eigenvalue weighted by Crippen LogP contribution is 2.30. The number of carboxylic acid groups (broad SMARTS) is 2. The Bertz CT molecular complexity index is 567. The Morgan fingerprint density at radius 2 is 2.00 bits per heavy atom. The van der Waals surface area contributed by atoms with E-state index in [2.05, 4.69) is 20.9 Å². The molecule has 0 aliphatic rings. The lowest BCUT2D eigenvalue weighted by Crippen LogP contribution is -2.05. The van der Waals surface area contributed by atoms with Crippen molar-refractivity contribution in [3.63, 3.8) is 0 Å². The lowest BCUT2D eigenvalue weighted by Gasteiger charge is -1.88. The third kappa shape index (κ3) is 1.94. The van der Waals surface area contributed by atoms with Crippen molar-refractivity contribution in [3.8, 4) is 11.5 Å². The summed E-state index contributed by atoms with van der Waals surface area (Å²) < 4.78 is 10.1. The second-order valence-corrected chi connectivity index (χ2v) is 3.64. The molecule has 2 aromatic rings. The Hall–Kier alpha value is -2.09. The molecule has 0 unspecified atom stereocenters. The minimum absolute atomic E-state index is 0.138. The van der Waals surface area contributed by atoms with Crippen molar-refractivity contribution in [1.82, 2.24) is 4.98 Å². The van der Waals surface area contributed by atoms with Crippen molar-refractivity contribution in [2.24, 2.45) is 0 Å². The van der Waals surface area contributed by atoms with E-state index >= 15 is 0 Å². The van der Waals surface area contributed by atoms with Gasteiger partial charge in [-0.15, -0.1) is 0 Å². The van der Waals surface area contributed by atoms with Gasteiger partial charge in [-0.1, -0.05) is 0 Å². The fourth-order valence-corrected chi connectivity index (χ4v) is 1.58. The third-order valence-corrected chi connectivity index (χ3v) is 2.49. The van der Waals surface area contributed by atoms with E-state index in [0.29, 0.717) is 5.56 Å². The van der Waals surface area contributed by atoms with Crippen LogP contribution in [0.25, 0.3) is 11.5 Å². The summed E-state index contributed by atoms with van der Waals surface area (Å²) in [7, 11) is 0. The third-order valence-electron chi connectivity index (χ3n) is 1.87. The summed E-state index contributed by atoms with van der Waals surface area (Å²) in [4.78, 5) is 25.1. The van der Waals surface area contributed by atoms with E-state index in [-0.39, 0.29) is 10.6 Å². The molecule has 2 heterocycles. The Balaban J connectivity index is 2.59. The molecule has 2 rings (SSSR count). The van der Waals surface area contributed by atoms with Crippen LogP contribution in [-0.4, -0.2) is 27.1 Å². The van der Waals surface area contributed by atoms with Crippen LogP contribution in [0.2, 0.25) is 0 Å². The molecule has 0 aliphatic heterocycles. The van der Waals surface area contributed by atoms with Gasteiger partial charge in [0, 0.05) is 0 Å². The summed E-state index contributed by atoms with van der Waals surface area (Å²) in [6.45, 7) is 0. The largest absolute Gasteiger partial charge is 0.476 e. The van der Waals surface area contributed by atoms with Gasteiger partial charge in [0.05, 0.1) is 11.8 Å². The second-order valence-electron chi connectivity index (χ2n) is 2.92. The van der Waals surface area contributed by atoms with Gasteiger partial charge in [-0.05, 0) is 22.0 Å². The summed E-state index contributed by atoms with van der Waals surface area (Å²) in [6, 6.07) is 1.47. The summed E-state index contributed by atoms with van der Waals surface area (Å²) in [5, 5.41) is 17.5. The smallest absolute Gasteiger partial charge is 0.374 e. The maximum absolute atomic E-state index is 10.8. The van der Waals surface area contributed by atoms with E-state index in [0.717, 1.165) is 0 Å². The van der Waals surface area contributed by atoms with Gasteiger partial charge in [0.2, 0.25) is 17.3 Å². The van der Waals surface area contributed by atoms with Gasteiger partial charge < -0.3 is 19.0 Å². The van der Waals surface area contributed by atoms with Crippen molar-refractivity contribution in [1.29, 1.82) is 0 Å². The predicted molar refractivity (Wildman–Crippen MR) is 55.8 cm³/mol. The molecule has 88 valence electrons. The first-order valence-electron chi connectivity index (χ1n) is 4.21. The van der Waals surface area contributed by atoms with Crippen LogP contribution in [0.15, 0.2) is 25.8 Å². The van der Waals surface area contributed by atoms with Crippen molar-refractivity contribution < 1.29 is 28.6 Å². The number of carboxylic acids is 2. The van der Waals surface area contributed by atoms with E-state index in [1.807, 2.05) is 0 Å². The molecule has 0 radical (unpaired) electrons. The second kappa shape index (κ2) is 4.06. The molecule has 0 amide bonds. The van der Waals surface area contributed by atoms with Crippen LogP contribution in [0, 0.1) is 0 Å². The molecule has 7 nitrogen and oxygen atoms in total. The molecule has 0 saturated carbocycles. The number of halogens is 1. The summed E-state index contributed by atoms with van der Waals surface area (Å²) in [6.07, 6.45) is 1.32. The van der Waals surface area contributed by atoms with Crippen molar-refractivity contribution in [2.45, 2.75) is 0 Å². The van der Waals surface area contributed by atoms with Crippen LogP contribution >= 0.6 is 15.9 Å². The Morgan fingerprint density at radius 3 is 2.41 bits per heavy atom. The van der Waals surface area contributed by atoms with Gasteiger partial charge in [0.1, 0.15) is 0 Å². The fourth-order valence-electron chi connectivity index (χ4n) is 1.17. The first-order chi connectivity index (χ1) is 8.00. The number of rotatable bonds is 3. The molecular weight excluding hydrogens is 298 g/mol. The number of nitrogens with zero attached hydrogens (tertiary/aromatic N) is 1. The summed E-state index contributed by atoms with van der Waals surface area (Å²) in [5.74, 6) is -3.83. The van der Waals surface area contributed by atoms with E-state index in [4.69, 9.17) is 19.0 Å². The summed E-state index contributed by atoms with van der Waals surface area (Å²) in [5.41, 5.74) is -0.319. The quantitative estimate of drug-likeness (QED) is 0.892. The van der Waals surface area contributed by atoms with E-state index in [9.17, 15) is 9.59 Å². The number of oxazole rings is 1. The highest BCUT2D eigenvalue weighted by atomic mass is 79.9. The number of aromatic carboxylic acids is 2. The number of hydrogen-bond donors (Lipinski definition) is 2. The van der Waals surface area contributed by atoms with Gasteiger partial charge in [-0.25, -0.2) is 14.6 Å². The zero-order valence-corrected chi connectivity index (χ0v) is 9.59. The van der Waals surface area contributed by atoms with Gasteiger partial charge in [-0.3, -0.25) is 0 Å². The fraction of sp³-hybridized carbons (Fsp3) is 0. The molecule has 17 heavy (non-hydrogen) atoms. The number of hydrogen-bond acceptors (Lipinski definition) is 5. The van der Waals surface area contributed by atoms with Crippen LogP contribution in [0.5, 0.6) is 0 Å². The van der Waals surface area contributed by atoms with Crippen LogP contribution in [0.1, 0.15) is 21.0 Å². The average molecular weight is 302 g/mol. The average Bonchev–Trinajstić information content (AvgIpc) is 2.82. The number of furan rings is 1. The van der Waals surface area contributed by atoms with Gasteiger partial charge in [0.25, 0.3) is 0 Å². The van der Waals surface area contributed by atoms with E-state index in [1.165, 1.54) is 12.3 Å². The normalized spacial score (nSPS) is 10.4. The van der Waals surface area contributed by atoms with E-state index in [1.54, 1.807) is 0 Å². The topological polar surface area (TPSA) is 114 Å². The molecule has 0 bridgehead atoms. The highest BCUT2D eigenvalue weighted by Gasteiger charge is 2.26. The first kappa shape index (κ1) is 11.4. The molecule has 8 heteroatoms. The van der Waals surface area contributed by atoms with Crippen LogP contribution in [0.3, 0.4) is 0 Å². The standard InChI is InChI=1S/C9H4BrNO6/c10-6-3(1-2-16-6)7-11-4(8(12)13)5(17-7)9(14)15/h1-2H,(H,12,13)(H,14,15). The molecule has 0 saturated heterocycles. The predicted octanol–water partition coefficient (Wildman–Crippen LogP) is 2.09. The molecule has 2 aromatic heterocycles. The molecule has 2 N–H and O–H groups in total. The Morgan fingerprint density at radius 1 is 1.29 bits per heavy atom. The molecule has 0 fully saturated rings. The zero-order valence-electron chi connectivity index (χ0n) is 8.01. The molecule has 0 atom stereocenters. The van der Waals surface area contributed by atoms with Gasteiger partial charge in [0.15, 0.2) is 4.67 Å². The highest BCUT2D eigenvalue weighted by molar-refractivity contribution is 9.10. The van der Waals surface area contributed by atoms with Crippen LogP contribution in [0.4, 0.5) is 0 Å². The van der Waals surface area contributed by atoms with Crippen LogP contribution in [-0.2, 0) is 0 Å². The minimum Gasteiger partial charge on any atom is -0.476 e. The van der Waals surface area contributed by atoms with E-state index < -0.39 is 23.4 Å². The van der Waals surface area contributed by atoms with Crippen molar-refractivity contribution in [3.05, 3.63) is 28.5 Å². The zero-order chi connectivity index (χ0) is 12.6. The minimum atomic E-state index is -1.50. The Kier molecular flexibility index (Phi) is 2.72. The van der Waals surface area contributed by atoms with Crippen molar-refractivity contribution in [2.75, 3.05) is 0 Å². The lowest BCUT2D eigenvalue weighted by atomic mass is 10.3. The van der Waals surface area contributed by atoms with Crippen LogP contribution < -0.4 is 0 Å². The maximum atomic E-state index is 10.8. The lowest BCUT2D eigenvalue weighted by molar-refractivity contribution is 0.0624. The Labute approximate surface area is 102 Å². The maximum Gasteiger partial charge on any atom is 0.374 e.